The van der Waals surface area contributed by atoms with Crippen LogP contribution in [0.4, 0.5) is 0 Å². The van der Waals surface area contributed by atoms with Crippen LogP contribution >= 0.6 is 0 Å². The van der Waals surface area contributed by atoms with Crippen molar-refractivity contribution in [3.05, 3.63) is 113 Å². The summed E-state index contributed by atoms with van der Waals surface area (Å²) >= 11 is 0. The molecule has 0 radical (unpaired) electrons. The van der Waals surface area contributed by atoms with Crippen LogP contribution in [-0.4, -0.2) is 41.8 Å². The van der Waals surface area contributed by atoms with Crippen molar-refractivity contribution in [1.82, 2.24) is 15.6 Å². The Balaban J connectivity index is 1.50. The summed E-state index contributed by atoms with van der Waals surface area (Å²) < 4.78 is 28.4. The van der Waals surface area contributed by atoms with Crippen molar-refractivity contribution >= 4 is 38.7 Å². The van der Waals surface area contributed by atoms with E-state index in [2.05, 4.69) is 21.7 Å². The highest BCUT2D eigenvalue weighted by Crippen LogP contribution is 2.37. The molecule has 1 aromatic heterocycles. The van der Waals surface area contributed by atoms with Crippen molar-refractivity contribution in [3.63, 3.8) is 0 Å². The second-order valence-electron chi connectivity index (χ2n) is 9.35. The fraction of sp³-hybridized carbons (Fsp3) is 0.133. The molecule has 40 heavy (non-hydrogen) atoms. The third-order valence-corrected chi connectivity index (χ3v) is 9.15. The Hall–Kier alpha value is -4.85. The molecule has 1 heterocycles. The van der Waals surface area contributed by atoms with Crippen LogP contribution in [0.1, 0.15) is 32.6 Å². The lowest BCUT2D eigenvalue weighted by Crippen LogP contribution is -2.54. The number of rotatable bonds is 8. The van der Waals surface area contributed by atoms with E-state index in [1.54, 1.807) is 72.8 Å². The quantitative estimate of drug-likeness (QED) is 0.301. The van der Waals surface area contributed by atoms with Crippen LogP contribution in [0.15, 0.2) is 90.0 Å². The number of aromatic nitrogens is 1. The van der Waals surface area contributed by atoms with Gasteiger partial charge in [0.2, 0.25) is 9.84 Å². The first kappa shape index (κ1) is 26.7. The molecular formula is C30H24N4O5S. The number of carboxylic acids is 1. The minimum Gasteiger partial charge on any atom is -0.480 e. The van der Waals surface area contributed by atoms with Crippen LogP contribution in [0, 0.1) is 11.3 Å². The summed E-state index contributed by atoms with van der Waals surface area (Å²) in [7, 11) is -4.22. The average Bonchev–Trinajstić information content (AvgIpc) is 2.98. The second kappa shape index (κ2) is 10.7. The number of carbonyl (C=O) groups is 2. The molecule has 1 atom stereocenters. The number of carbonyl (C=O) groups excluding carboxylic acids is 1. The molecule has 200 valence electrons. The Labute approximate surface area is 230 Å². The molecule has 0 aliphatic heterocycles. The largest absolute Gasteiger partial charge is 0.480 e. The lowest BCUT2D eigenvalue weighted by molar-refractivity contribution is -0.136. The molecule has 10 heteroatoms. The summed E-state index contributed by atoms with van der Waals surface area (Å²) in [6.45, 7) is -0.355. The molecule has 0 saturated carbocycles. The number of aliphatic carboxylic acids is 1. The minimum atomic E-state index is -4.22. The standard InChI is InChI=1S/C30H24N4O5S/c31-17-20-9-11-21(12-10-20)18-33-29(37)25-7-1-5-23-16-30(14-13-24(23)25,34-19-27(35)36)40(38,39)26-8-2-4-22-6-3-15-32-28(22)26/h1-15,34H,16,18-19H2,(H,33,37)(H,35,36). The summed E-state index contributed by atoms with van der Waals surface area (Å²) in [4.78, 5) is 27.1. The number of nitriles is 1. The molecule has 0 spiro atoms. The summed E-state index contributed by atoms with van der Waals surface area (Å²) in [5, 5.41) is 24.6. The maximum absolute atomic E-state index is 14.2. The molecule has 0 bridgehead atoms. The van der Waals surface area contributed by atoms with Gasteiger partial charge < -0.3 is 10.4 Å². The Morgan fingerprint density at radius 3 is 2.52 bits per heavy atom. The highest BCUT2D eigenvalue weighted by Gasteiger charge is 2.46. The van der Waals surface area contributed by atoms with Crippen LogP contribution in [0.25, 0.3) is 17.0 Å². The van der Waals surface area contributed by atoms with E-state index >= 15 is 0 Å². The number of fused-ring (bicyclic) bond motifs is 2. The van der Waals surface area contributed by atoms with E-state index in [-0.39, 0.29) is 29.3 Å². The van der Waals surface area contributed by atoms with Gasteiger partial charge in [-0.15, -0.1) is 0 Å². The summed E-state index contributed by atoms with van der Waals surface area (Å²) in [6.07, 6.45) is 4.38. The molecule has 3 aromatic carbocycles. The smallest absolute Gasteiger partial charge is 0.317 e. The minimum absolute atomic E-state index is 0.0205. The Bertz CT molecular complexity index is 1810. The molecule has 4 aromatic rings. The number of sulfone groups is 1. The SMILES string of the molecule is N#Cc1ccc(CNC(=O)c2cccc3c2C=CC(NCC(=O)O)(S(=O)(=O)c2cccc4cccnc24)C3)cc1. The van der Waals surface area contributed by atoms with Gasteiger partial charge in [-0.25, -0.2) is 8.42 Å². The normalized spacial score (nSPS) is 16.2. The van der Waals surface area contributed by atoms with E-state index in [4.69, 9.17) is 5.26 Å². The predicted molar refractivity (Wildman–Crippen MR) is 149 cm³/mol. The van der Waals surface area contributed by atoms with Crippen molar-refractivity contribution in [2.24, 2.45) is 0 Å². The van der Waals surface area contributed by atoms with Gasteiger partial charge in [0, 0.05) is 30.1 Å². The second-order valence-corrected chi connectivity index (χ2v) is 11.5. The third-order valence-electron chi connectivity index (χ3n) is 6.85. The van der Waals surface area contributed by atoms with E-state index in [9.17, 15) is 23.1 Å². The van der Waals surface area contributed by atoms with Gasteiger partial charge in [0.25, 0.3) is 5.91 Å². The molecule has 1 unspecified atom stereocenters. The van der Waals surface area contributed by atoms with Gasteiger partial charge in [-0.1, -0.05) is 48.5 Å². The van der Waals surface area contributed by atoms with Gasteiger partial charge in [-0.3, -0.25) is 19.9 Å². The number of hydrogen-bond acceptors (Lipinski definition) is 7. The highest BCUT2D eigenvalue weighted by molar-refractivity contribution is 7.93. The molecular weight excluding hydrogens is 528 g/mol. The Kier molecular flexibility index (Phi) is 7.17. The van der Waals surface area contributed by atoms with Crippen molar-refractivity contribution in [2.75, 3.05) is 6.54 Å². The summed E-state index contributed by atoms with van der Waals surface area (Å²) in [5.41, 5.74) is 3.11. The van der Waals surface area contributed by atoms with Gasteiger partial charge in [-0.05, 0) is 53.1 Å². The highest BCUT2D eigenvalue weighted by atomic mass is 32.2. The Morgan fingerprint density at radius 1 is 1.02 bits per heavy atom. The van der Waals surface area contributed by atoms with E-state index in [1.165, 1.54) is 18.3 Å². The number of para-hydroxylation sites is 1. The first-order valence-corrected chi connectivity index (χ1v) is 13.9. The van der Waals surface area contributed by atoms with Crippen LogP contribution in [0.3, 0.4) is 0 Å². The topological polar surface area (TPSA) is 149 Å². The van der Waals surface area contributed by atoms with E-state index in [0.29, 0.717) is 27.6 Å². The number of carboxylic acid groups (broad SMARTS) is 1. The van der Waals surface area contributed by atoms with Crippen LogP contribution in [0.2, 0.25) is 0 Å². The molecule has 1 aliphatic carbocycles. The molecule has 5 rings (SSSR count). The number of hydrogen-bond donors (Lipinski definition) is 3. The fourth-order valence-corrected chi connectivity index (χ4v) is 6.74. The van der Waals surface area contributed by atoms with Crippen LogP contribution in [-0.2, 0) is 27.6 Å². The van der Waals surface area contributed by atoms with Crippen LogP contribution in [0.5, 0.6) is 0 Å². The molecule has 3 N–H and O–H groups in total. The van der Waals surface area contributed by atoms with Gasteiger partial charge >= 0.3 is 5.97 Å². The molecule has 0 saturated heterocycles. The van der Waals surface area contributed by atoms with Crippen molar-refractivity contribution in [3.8, 4) is 6.07 Å². The van der Waals surface area contributed by atoms with Gasteiger partial charge in [-0.2, -0.15) is 5.26 Å². The van der Waals surface area contributed by atoms with E-state index < -0.39 is 27.2 Å². The fourth-order valence-electron chi connectivity index (χ4n) is 4.81. The number of nitrogens with one attached hydrogen (secondary N) is 2. The molecule has 1 aliphatic rings. The summed E-state index contributed by atoms with van der Waals surface area (Å²) in [5.74, 6) is -1.56. The van der Waals surface area contributed by atoms with Crippen LogP contribution < -0.4 is 10.6 Å². The zero-order valence-corrected chi connectivity index (χ0v) is 22.0. The molecule has 1 amide bonds. The molecule has 9 nitrogen and oxygen atoms in total. The Morgan fingerprint density at radius 2 is 1.77 bits per heavy atom. The lowest BCUT2D eigenvalue weighted by Gasteiger charge is -2.35. The zero-order chi connectivity index (χ0) is 28.3. The number of benzene rings is 3. The number of nitrogens with zero attached hydrogens (tertiary/aromatic N) is 2. The first-order chi connectivity index (χ1) is 19.2. The predicted octanol–water partition coefficient (Wildman–Crippen LogP) is 3.45. The zero-order valence-electron chi connectivity index (χ0n) is 21.2. The maximum Gasteiger partial charge on any atom is 0.317 e. The van der Waals surface area contributed by atoms with Gasteiger partial charge in [0.1, 0.15) is 4.87 Å². The monoisotopic (exact) mass is 552 g/mol. The maximum atomic E-state index is 14.2. The van der Waals surface area contributed by atoms with Crippen molar-refractivity contribution in [2.45, 2.75) is 22.7 Å². The number of pyridine rings is 1. The number of amides is 1. The molecule has 0 fully saturated rings. The first-order valence-electron chi connectivity index (χ1n) is 12.4. The van der Waals surface area contributed by atoms with Gasteiger partial charge in [0.05, 0.1) is 28.6 Å². The van der Waals surface area contributed by atoms with E-state index in [0.717, 1.165) is 5.56 Å². The lowest BCUT2D eigenvalue weighted by atomic mass is 9.90. The average molecular weight is 553 g/mol. The van der Waals surface area contributed by atoms with Gasteiger partial charge in [0.15, 0.2) is 0 Å². The van der Waals surface area contributed by atoms with E-state index in [1.807, 2.05) is 0 Å². The third kappa shape index (κ3) is 4.96. The van der Waals surface area contributed by atoms with Crippen molar-refractivity contribution < 1.29 is 23.1 Å². The van der Waals surface area contributed by atoms with Crippen molar-refractivity contribution in [1.29, 1.82) is 5.26 Å². The summed E-state index contributed by atoms with van der Waals surface area (Å²) in [6, 6.07) is 22.3.